The summed E-state index contributed by atoms with van der Waals surface area (Å²) in [4.78, 5) is 0. The number of rotatable bonds is 4. The van der Waals surface area contributed by atoms with Gasteiger partial charge in [0.1, 0.15) is 17.3 Å². The Morgan fingerprint density at radius 2 is 1.75 bits per heavy atom. The first-order valence-corrected chi connectivity index (χ1v) is 6.94. The van der Waals surface area contributed by atoms with Crippen LogP contribution < -0.4 is 10.5 Å². The fraction of sp³-hybridized carbons (Fsp3) is 0.412. The number of aryl methyl sites for hydroxylation is 1. The van der Waals surface area contributed by atoms with Crippen molar-refractivity contribution < 1.29 is 9.15 Å². The number of hydrogen-bond donors (Lipinski definition) is 1. The third-order valence-corrected chi connectivity index (χ3v) is 3.29. The Labute approximate surface area is 120 Å². The predicted octanol–water partition coefficient (Wildman–Crippen LogP) is 3.96. The van der Waals surface area contributed by atoms with Crippen LogP contribution in [0.2, 0.25) is 0 Å². The van der Waals surface area contributed by atoms with Crippen LogP contribution in [0.5, 0.6) is 5.75 Å². The Bertz CT molecular complexity index is 549. The van der Waals surface area contributed by atoms with E-state index in [0.29, 0.717) is 6.54 Å². The molecule has 0 bridgehead atoms. The van der Waals surface area contributed by atoms with Gasteiger partial charge in [-0.1, -0.05) is 32.9 Å². The molecule has 0 spiro atoms. The van der Waals surface area contributed by atoms with Crippen LogP contribution in [0.1, 0.15) is 44.0 Å². The van der Waals surface area contributed by atoms with Crippen molar-refractivity contribution >= 4 is 0 Å². The first-order chi connectivity index (χ1) is 9.40. The number of ether oxygens (including phenoxy) is 1. The molecule has 0 fully saturated rings. The Kier molecular flexibility index (Phi) is 4.19. The maximum Gasteiger partial charge on any atom is 0.168 e. The van der Waals surface area contributed by atoms with E-state index < -0.39 is 0 Å². The molecule has 0 amide bonds. The minimum atomic E-state index is -0.246. The first kappa shape index (κ1) is 14.7. The summed E-state index contributed by atoms with van der Waals surface area (Å²) in [5.74, 6) is 2.44. The number of furan rings is 1. The van der Waals surface area contributed by atoms with Crippen LogP contribution in [0.15, 0.2) is 40.8 Å². The summed E-state index contributed by atoms with van der Waals surface area (Å²) in [6, 6.07) is 12.0. The first-order valence-electron chi connectivity index (χ1n) is 6.94. The van der Waals surface area contributed by atoms with Crippen LogP contribution in [0, 0.1) is 6.92 Å². The van der Waals surface area contributed by atoms with Crippen molar-refractivity contribution in [1.29, 1.82) is 0 Å². The molecule has 2 rings (SSSR count). The van der Waals surface area contributed by atoms with Gasteiger partial charge in [-0.15, -0.1) is 0 Å². The van der Waals surface area contributed by atoms with E-state index in [0.717, 1.165) is 17.3 Å². The van der Waals surface area contributed by atoms with E-state index in [1.807, 2.05) is 31.2 Å². The second-order valence-corrected chi connectivity index (χ2v) is 6.06. The van der Waals surface area contributed by atoms with Gasteiger partial charge in [0.25, 0.3) is 0 Å². The van der Waals surface area contributed by atoms with Crippen LogP contribution in [0.4, 0.5) is 0 Å². The van der Waals surface area contributed by atoms with Crippen molar-refractivity contribution in [2.45, 2.75) is 39.2 Å². The van der Waals surface area contributed by atoms with E-state index in [9.17, 15) is 0 Å². The minimum absolute atomic E-state index is 0.143. The van der Waals surface area contributed by atoms with E-state index >= 15 is 0 Å². The van der Waals surface area contributed by atoms with Gasteiger partial charge in [-0.25, -0.2) is 0 Å². The molecule has 2 aromatic rings. The van der Waals surface area contributed by atoms with Crippen molar-refractivity contribution in [2.24, 2.45) is 5.73 Å². The summed E-state index contributed by atoms with van der Waals surface area (Å²) in [7, 11) is 0. The standard InChI is InChI=1S/C17H23NO2/c1-12-5-10-15(19-12)16(11-18)20-14-8-6-13(7-9-14)17(2,3)4/h5-10,16H,11,18H2,1-4H3. The Morgan fingerprint density at radius 1 is 1.10 bits per heavy atom. The molecule has 20 heavy (non-hydrogen) atoms. The van der Waals surface area contributed by atoms with Gasteiger partial charge >= 0.3 is 0 Å². The summed E-state index contributed by atoms with van der Waals surface area (Å²) >= 11 is 0. The van der Waals surface area contributed by atoms with Crippen molar-refractivity contribution in [2.75, 3.05) is 6.54 Å². The highest BCUT2D eigenvalue weighted by Gasteiger charge is 2.17. The molecule has 3 nitrogen and oxygen atoms in total. The second-order valence-electron chi connectivity index (χ2n) is 6.06. The average Bonchev–Trinajstić information content (AvgIpc) is 2.82. The molecule has 108 valence electrons. The average molecular weight is 273 g/mol. The third kappa shape index (κ3) is 3.42. The fourth-order valence-corrected chi connectivity index (χ4v) is 2.05. The highest BCUT2D eigenvalue weighted by atomic mass is 16.5. The van der Waals surface area contributed by atoms with Crippen molar-refractivity contribution in [3.05, 3.63) is 53.5 Å². The lowest BCUT2D eigenvalue weighted by Crippen LogP contribution is -2.18. The van der Waals surface area contributed by atoms with Gasteiger partial charge in [-0.3, -0.25) is 0 Å². The fourth-order valence-electron chi connectivity index (χ4n) is 2.05. The van der Waals surface area contributed by atoms with E-state index in [2.05, 4.69) is 32.9 Å². The van der Waals surface area contributed by atoms with Crippen LogP contribution in [0.25, 0.3) is 0 Å². The van der Waals surface area contributed by atoms with Crippen LogP contribution in [-0.2, 0) is 5.41 Å². The van der Waals surface area contributed by atoms with Crippen molar-refractivity contribution in [1.82, 2.24) is 0 Å². The number of hydrogen-bond acceptors (Lipinski definition) is 3. The molecule has 3 heteroatoms. The normalized spacial score (nSPS) is 13.2. The van der Waals surface area contributed by atoms with Crippen molar-refractivity contribution in [3.8, 4) is 5.75 Å². The highest BCUT2D eigenvalue weighted by Crippen LogP contribution is 2.27. The Morgan fingerprint density at radius 3 is 2.20 bits per heavy atom. The summed E-state index contributed by atoms with van der Waals surface area (Å²) in [6.45, 7) is 8.87. The van der Waals surface area contributed by atoms with Gasteiger partial charge in [0, 0.05) is 6.54 Å². The molecule has 1 aromatic carbocycles. The Hall–Kier alpha value is -1.74. The van der Waals surface area contributed by atoms with Gasteiger partial charge in [0.05, 0.1) is 0 Å². The quantitative estimate of drug-likeness (QED) is 0.917. The molecular formula is C17H23NO2. The van der Waals surface area contributed by atoms with Crippen LogP contribution in [-0.4, -0.2) is 6.54 Å². The molecule has 0 aliphatic rings. The molecule has 0 aliphatic heterocycles. The zero-order chi connectivity index (χ0) is 14.8. The van der Waals surface area contributed by atoms with E-state index in [1.165, 1.54) is 5.56 Å². The maximum atomic E-state index is 5.91. The summed E-state index contributed by atoms with van der Waals surface area (Å²) < 4.78 is 11.5. The topological polar surface area (TPSA) is 48.4 Å². The van der Waals surface area contributed by atoms with E-state index in [1.54, 1.807) is 0 Å². The van der Waals surface area contributed by atoms with Gasteiger partial charge in [0.15, 0.2) is 6.10 Å². The summed E-state index contributed by atoms with van der Waals surface area (Å²) in [5, 5.41) is 0. The zero-order valence-corrected chi connectivity index (χ0v) is 12.6. The second kappa shape index (κ2) is 5.71. The lowest BCUT2D eigenvalue weighted by Gasteiger charge is -2.20. The predicted molar refractivity (Wildman–Crippen MR) is 81.0 cm³/mol. The molecule has 0 saturated carbocycles. The molecule has 1 aromatic heterocycles. The molecule has 1 atom stereocenters. The lowest BCUT2D eigenvalue weighted by atomic mass is 9.87. The third-order valence-electron chi connectivity index (χ3n) is 3.29. The van der Waals surface area contributed by atoms with Crippen LogP contribution >= 0.6 is 0 Å². The molecular weight excluding hydrogens is 250 g/mol. The number of nitrogens with two attached hydrogens (primary N) is 1. The van der Waals surface area contributed by atoms with Gasteiger partial charge < -0.3 is 14.9 Å². The van der Waals surface area contributed by atoms with Crippen LogP contribution in [0.3, 0.4) is 0 Å². The SMILES string of the molecule is Cc1ccc(C(CN)Oc2ccc(C(C)(C)C)cc2)o1. The van der Waals surface area contributed by atoms with Gasteiger partial charge in [-0.05, 0) is 42.2 Å². The van der Waals surface area contributed by atoms with Gasteiger partial charge in [0.2, 0.25) is 0 Å². The van der Waals surface area contributed by atoms with E-state index in [4.69, 9.17) is 14.9 Å². The molecule has 0 radical (unpaired) electrons. The lowest BCUT2D eigenvalue weighted by molar-refractivity contribution is 0.182. The zero-order valence-electron chi connectivity index (χ0n) is 12.6. The Balaban J connectivity index is 2.12. The molecule has 1 unspecified atom stereocenters. The summed E-state index contributed by atoms with van der Waals surface area (Å²) in [6.07, 6.45) is -0.246. The highest BCUT2D eigenvalue weighted by molar-refractivity contribution is 5.31. The molecule has 0 saturated heterocycles. The monoisotopic (exact) mass is 273 g/mol. The number of benzene rings is 1. The maximum absolute atomic E-state index is 5.91. The minimum Gasteiger partial charge on any atom is -0.481 e. The largest absolute Gasteiger partial charge is 0.481 e. The molecule has 0 aliphatic carbocycles. The molecule has 2 N–H and O–H groups in total. The van der Waals surface area contributed by atoms with E-state index in [-0.39, 0.29) is 11.5 Å². The summed E-state index contributed by atoms with van der Waals surface area (Å²) in [5.41, 5.74) is 7.20. The molecule has 1 heterocycles. The smallest absolute Gasteiger partial charge is 0.168 e. The van der Waals surface area contributed by atoms with Crippen molar-refractivity contribution in [3.63, 3.8) is 0 Å². The van der Waals surface area contributed by atoms with Gasteiger partial charge in [-0.2, -0.15) is 0 Å².